The lowest BCUT2D eigenvalue weighted by Crippen LogP contribution is -2.18. The Morgan fingerprint density at radius 3 is 2.79 bits per heavy atom. The third-order valence-electron chi connectivity index (χ3n) is 3.94. The zero-order valence-electron chi connectivity index (χ0n) is 13.6. The minimum absolute atomic E-state index is 0.219. The van der Waals surface area contributed by atoms with Crippen LogP contribution in [0.4, 0.5) is 11.4 Å². The maximum absolute atomic E-state index is 12.4. The number of hydrogen-bond donors (Lipinski definition) is 1. The minimum atomic E-state index is -0.219. The second-order valence-electron chi connectivity index (χ2n) is 5.63. The first-order valence-corrected chi connectivity index (χ1v) is 8.50. The fourth-order valence-corrected chi connectivity index (χ4v) is 3.08. The van der Waals surface area contributed by atoms with Gasteiger partial charge in [-0.25, -0.2) is 4.98 Å². The predicted octanol–water partition coefficient (Wildman–Crippen LogP) is 3.99. The van der Waals surface area contributed by atoms with Crippen LogP contribution in [0.15, 0.2) is 36.5 Å². The molecule has 0 unspecified atom stereocenters. The zero-order chi connectivity index (χ0) is 16.9. The van der Waals surface area contributed by atoms with Gasteiger partial charge in [0.2, 0.25) is 5.88 Å². The van der Waals surface area contributed by atoms with E-state index in [0.29, 0.717) is 28.8 Å². The summed E-state index contributed by atoms with van der Waals surface area (Å²) in [4.78, 5) is 18.7. The molecule has 1 aromatic carbocycles. The van der Waals surface area contributed by atoms with Crippen LogP contribution in [0, 0.1) is 0 Å². The molecular formula is C18H20ClN3O2. The van der Waals surface area contributed by atoms with E-state index in [1.165, 1.54) is 12.8 Å². The molecule has 0 radical (unpaired) electrons. The summed E-state index contributed by atoms with van der Waals surface area (Å²) < 4.78 is 5.32. The molecule has 0 atom stereocenters. The smallest absolute Gasteiger partial charge is 0.255 e. The van der Waals surface area contributed by atoms with Crippen molar-refractivity contribution in [1.82, 2.24) is 4.98 Å². The van der Waals surface area contributed by atoms with Crippen LogP contribution in [-0.4, -0.2) is 30.6 Å². The number of aromatic nitrogens is 1. The van der Waals surface area contributed by atoms with E-state index in [0.717, 1.165) is 18.8 Å². The Morgan fingerprint density at radius 1 is 1.29 bits per heavy atom. The molecule has 6 heteroatoms. The summed E-state index contributed by atoms with van der Waals surface area (Å²) in [6, 6.07) is 8.90. The quantitative estimate of drug-likeness (QED) is 0.890. The molecule has 3 rings (SSSR count). The van der Waals surface area contributed by atoms with Crippen LogP contribution in [-0.2, 0) is 0 Å². The number of anilines is 2. The van der Waals surface area contributed by atoms with Crippen molar-refractivity contribution in [2.45, 2.75) is 19.8 Å². The number of amides is 1. The summed E-state index contributed by atoms with van der Waals surface area (Å²) >= 11 is 6.38. The standard InChI is InChI=1S/C18H20ClN3O2/c1-2-24-17-11-13(7-8-20-17)18(23)21-14-5-6-16(15(19)12-14)22-9-3-4-10-22/h5-8,11-12H,2-4,9-10H2,1H3,(H,21,23). The van der Waals surface area contributed by atoms with Gasteiger partial charge in [-0.05, 0) is 44.0 Å². The van der Waals surface area contributed by atoms with Crippen molar-refractivity contribution in [3.8, 4) is 5.88 Å². The lowest BCUT2D eigenvalue weighted by atomic mass is 10.2. The maximum Gasteiger partial charge on any atom is 0.255 e. The van der Waals surface area contributed by atoms with Crippen LogP contribution in [0.5, 0.6) is 5.88 Å². The molecule has 1 fully saturated rings. The van der Waals surface area contributed by atoms with E-state index in [1.807, 2.05) is 19.1 Å². The number of hydrogen-bond acceptors (Lipinski definition) is 4. The van der Waals surface area contributed by atoms with Gasteiger partial charge in [0.1, 0.15) is 0 Å². The van der Waals surface area contributed by atoms with Gasteiger partial charge in [-0.15, -0.1) is 0 Å². The predicted molar refractivity (Wildman–Crippen MR) is 96.3 cm³/mol. The van der Waals surface area contributed by atoms with Crippen LogP contribution in [0.3, 0.4) is 0 Å². The summed E-state index contributed by atoms with van der Waals surface area (Å²) in [5.41, 5.74) is 2.19. The van der Waals surface area contributed by atoms with Crippen molar-refractivity contribution in [1.29, 1.82) is 0 Å². The van der Waals surface area contributed by atoms with Gasteiger partial charge >= 0.3 is 0 Å². The van der Waals surface area contributed by atoms with Crippen molar-refractivity contribution in [3.05, 3.63) is 47.1 Å². The number of carbonyl (C=O) groups is 1. The molecular weight excluding hydrogens is 326 g/mol. The van der Waals surface area contributed by atoms with E-state index in [9.17, 15) is 4.79 Å². The number of rotatable bonds is 5. The first-order chi connectivity index (χ1) is 11.7. The fourth-order valence-electron chi connectivity index (χ4n) is 2.78. The van der Waals surface area contributed by atoms with Crippen molar-refractivity contribution < 1.29 is 9.53 Å². The second-order valence-corrected chi connectivity index (χ2v) is 6.04. The molecule has 0 spiro atoms. The van der Waals surface area contributed by atoms with Gasteiger partial charge in [0.15, 0.2) is 0 Å². The van der Waals surface area contributed by atoms with Crippen LogP contribution in [0.2, 0.25) is 5.02 Å². The van der Waals surface area contributed by atoms with Crippen LogP contribution in [0.25, 0.3) is 0 Å². The molecule has 5 nitrogen and oxygen atoms in total. The van der Waals surface area contributed by atoms with Gasteiger partial charge in [0.05, 0.1) is 17.3 Å². The van der Waals surface area contributed by atoms with E-state index in [4.69, 9.17) is 16.3 Å². The summed E-state index contributed by atoms with van der Waals surface area (Å²) in [7, 11) is 0. The van der Waals surface area contributed by atoms with Crippen molar-refractivity contribution in [2.75, 3.05) is 29.9 Å². The highest BCUT2D eigenvalue weighted by atomic mass is 35.5. The van der Waals surface area contributed by atoms with E-state index in [2.05, 4.69) is 15.2 Å². The molecule has 126 valence electrons. The van der Waals surface area contributed by atoms with E-state index >= 15 is 0 Å². The molecule has 24 heavy (non-hydrogen) atoms. The van der Waals surface area contributed by atoms with E-state index < -0.39 is 0 Å². The monoisotopic (exact) mass is 345 g/mol. The van der Waals surface area contributed by atoms with Gasteiger partial charge in [0.25, 0.3) is 5.91 Å². The Labute approximate surface area is 146 Å². The molecule has 1 saturated heterocycles. The average molecular weight is 346 g/mol. The topological polar surface area (TPSA) is 54.5 Å². The van der Waals surface area contributed by atoms with Crippen LogP contribution in [0.1, 0.15) is 30.1 Å². The highest BCUT2D eigenvalue weighted by Crippen LogP contribution is 2.31. The third-order valence-corrected chi connectivity index (χ3v) is 4.24. The molecule has 0 saturated carbocycles. The number of nitrogens with zero attached hydrogens (tertiary/aromatic N) is 2. The van der Waals surface area contributed by atoms with Gasteiger partial charge in [-0.3, -0.25) is 4.79 Å². The lowest BCUT2D eigenvalue weighted by molar-refractivity contribution is 0.102. The lowest BCUT2D eigenvalue weighted by Gasteiger charge is -2.19. The van der Waals surface area contributed by atoms with E-state index in [1.54, 1.807) is 24.4 Å². The van der Waals surface area contributed by atoms with Gasteiger partial charge in [-0.1, -0.05) is 11.6 Å². The Morgan fingerprint density at radius 2 is 2.08 bits per heavy atom. The minimum Gasteiger partial charge on any atom is -0.478 e. The molecule has 0 aliphatic carbocycles. The highest BCUT2D eigenvalue weighted by molar-refractivity contribution is 6.33. The van der Waals surface area contributed by atoms with Crippen LogP contribution < -0.4 is 15.0 Å². The first-order valence-electron chi connectivity index (χ1n) is 8.12. The third kappa shape index (κ3) is 3.79. The molecule has 0 bridgehead atoms. The van der Waals surface area contributed by atoms with Crippen molar-refractivity contribution >= 4 is 28.9 Å². The largest absolute Gasteiger partial charge is 0.478 e. The Hall–Kier alpha value is -2.27. The van der Waals surface area contributed by atoms with Gasteiger partial charge < -0.3 is 15.0 Å². The first kappa shape index (κ1) is 16.6. The Balaban J connectivity index is 1.72. The summed E-state index contributed by atoms with van der Waals surface area (Å²) in [6.07, 6.45) is 3.95. The van der Waals surface area contributed by atoms with Gasteiger partial charge in [0, 0.05) is 36.6 Å². The molecule has 1 aliphatic rings. The molecule has 1 N–H and O–H groups in total. The molecule has 2 aromatic rings. The zero-order valence-corrected chi connectivity index (χ0v) is 14.3. The summed E-state index contributed by atoms with van der Waals surface area (Å²) in [6.45, 7) is 4.44. The van der Waals surface area contributed by atoms with E-state index in [-0.39, 0.29) is 5.91 Å². The molecule has 1 aromatic heterocycles. The van der Waals surface area contributed by atoms with Crippen molar-refractivity contribution in [3.63, 3.8) is 0 Å². The Kier molecular flexibility index (Phi) is 5.20. The van der Waals surface area contributed by atoms with Crippen molar-refractivity contribution in [2.24, 2.45) is 0 Å². The number of pyridine rings is 1. The summed E-state index contributed by atoms with van der Waals surface area (Å²) in [5.74, 6) is 0.218. The van der Waals surface area contributed by atoms with Gasteiger partial charge in [-0.2, -0.15) is 0 Å². The maximum atomic E-state index is 12.4. The summed E-state index contributed by atoms with van der Waals surface area (Å²) in [5, 5.41) is 3.51. The molecule has 1 aliphatic heterocycles. The second kappa shape index (κ2) is 7.53. The number of ether oxygens (including phenoxy) is 1. The molecule has 1 amide bonds. The number of nitrogens with one attached hydrogen (secondary N) is 1. The SMILES string of the molecule is CCOc1cc(C(=O)Nc2ccc(N3CCCC3)c(Cl)c2)ccn1. The average Bonchev–Trinajstić information content (AvgIpc) is 3.10. The highest BCUT2D eigenvalue weighted by Gasteiger charge is 2.16. The Bertz CT molecular complexity index is 730. The molecule has 2 heterocycles. The number of carbonyl (C=O) groups excluding carboxylic acids is 1. The number of halogens is 1. The fraction of sp³-hybridized carbons (Fsp3) is 0.333. The van der Waals surface area contributed by atoms with Crippen LogP contribution >= 0.6 is 11.6 Å². The normalized spacial score (nSPS) is 13.8. The number of benzene rings is 1.